The van der Waals surface area contributed by atoms with Gasteiger partial charge in [-0.15, -0.1) is 11.3 Å². The van der Waals surface area contributed by atoms with Crippen molar-refractivity contribution in [1.29, 1.82) is 0 Å². The third kappa shape index (κ3) is 2.27. The molecule has 0 atom stereocenters. The minimum atomic E-state index is 0.680. The lowest BCUT2D eigenvalue weighted by Gasteiger charge is -2.32. The van der Waals surface area contributed by atoms with Crippen LogP contribution in [-0.2, 0) is 19.3 Å². The fourth-order valence-corrected chi connectivity index (χ4v) is 4.76. The molecule has 1 spiro atoms. The van der Waals surface area contributed by atoms with Crippen molar-refractivity contribution in [3.8, 4) is 0 Å². The van der Waals surface area contributed by atoms with Gasteiger partial charge in [-0.2, -0.15) is 0 Å². The van der Waals surface area contributed by atoms with Gasteiger partial charge in [0.1, 0.15) is 0 Å². The number of fused-ring (bicyclic) bond motifs is 1. The predicted molar refractivity (Wildman–Crippen MR) is 72.7 cm³/mol. The highest BCUT2D eigenvalue weighted by Gasteiger charge is 2.38. The molecule has 3 heteroatoms. The summed E-state index contributed by atoms with van der Waals surface area (Å²) in [5, 5.41) is 4.56. The molecule has 2 nitrogen and oxygen atoms in total. The maximum atomic E-state index is 4.82. The molecule has 1 fully saturated rings. The fraction of sp³-hybridized carbons (Fsp3) is 0.786. The summed E-state index contributed by atoms with van der Waals surface area (Å²) in [5.41, 5.74) is 2.11. The van der Waals surface area contributed by atoms with E-state index in [4.69, 9.17) is 4.98 Å². The number of hydrogen-bond donors (Lipinski definition) is 1. The number of hydrogen-bond acceptors (Lipinski definition) is 3. The van der Waals surface area contributed by atoms with Gasteiger partial charge in [0.15, 0.2) is 0 Å². The Bertz CT molecular complexity index is 391. The zero-order valence-electron chi connectivity index (χ0n) is 10.7. The van der Waals surface area contributed by atoms with Crippen molar-refractivity contribution in [2.24, 2.45) is 5.41 Å². The topological polar surface area (TPSA) is 24.9 Å². The summed E-state index contributed by atoms with van der Waals surface area (Å²) in [6, 6.07) is 0. The van der Waals surface area contributed by atoms with Crippen LogP contribution in [0.1, 0.15) is 47.7 Å². The molecule has 0 aliphatic heterocycles. The van der Waals surface area contributed by atoms with E-state index >= 15 is 0 Å². The Morgan fingerprint density at radius 2 is 2.12 bits per heavy atom. The summed E-state index contributed by atoms with van der Waals surface area (Å²) in [5.74, 6) is 0. The van der Waals surface area contributed by atoms with Gasteiger partial charge in [-0.3, -0.25) is 0 Å². The highest BCUT2D eigenvalue weighted by molar-refractivity contribution is 7.11. The van der Waals surface area contributed by atoms with E-state index in [0.717, 1.165) is 13.0 Å². The van der Waals surface area contributed by atoms with Crippen molar-refractivity contribution < 1.29 is 0 Å². The third-order valence-corrected chi connectivity index (χ3v) is 5.66. The molecule has 1 heterocycles. The molecule has 0 amide bonds. The molecule has 0 radical (unpaired) electrons. The summed E-state index contributed by atoms with van der Waals surface area (Å²) < 4.78 is 0. The summed E-state index contributed by atoms with van der Waals surface area (Å²) in [4.78, 5) is 6.44. The van der Waals surface area contributed by atoms with E-state index in [1.54, 1.807) is 4.88 Å². The lowest BCUT2D eigenvalue weighted by Crippen LogP contribution is -2.24. The molecule has 1 aromatic rings. The maximum absolute atomic E-state index is 4.82. The zero-order valence-corrected chi connectivity index (χ0v) is 11.5. The molecule has 3 rings (SSSR count). The Morgan fingerprint density at radius 3 is 2.88 bits per heavy atom. The predicted octanol–water partition coefficient (Wildman–Crippen LogP) is 2.95. The standard InChI is InChI=1S/C14H22N2S/c1-15-9-5-13-16-11-4-8-14(6-2-3-7-14)10-12(11)17-13/h15H,2-10H2,1H3. The molecule has 1 aromatic heterocycles. The van der Waals surface area contributed by atoms with Gasteiger partial charge in [-0.25, -0.2) is 4.98 Å². The first kappa shape index (κ1) is 11.7. The molecule has 17 heavy (non-hydrogen) atoms. The zero-order chi connectivity index (χ0) is 11.7. The van der Waals surface area contributed by atoms with E-state index in [0.29, 0.717) is 5.41 Å². The first-order valence-corrected chi connectivity index (χ1v) is 7.75. The van der Waals surface area contributed by atoms with Crippen LogP contribution >= 0.6 is 11.3 Å². The second-order valence-corrected chi connectivity index (χ2v) is 6.88. The highest BCUT2D eigenvalue weighted by atomic mass is 32.1. The van der Waals surface area contributed by atoms with Crippen LogP contribution in [-0.4, -0.2) is 18.6 Å². The van der Waals surface area contributed by atoms with E-state index in [2.05, 4.69) is 5.32 Å². The number of nitrogens with one attached hydrogen (secondary N) is 1. The van der Waals surface area contributed by atoms with E-state index in [1.807, 2.05) is 18.4 Å². The van der Waals surface area contributed by atoms with Gasteiger partial charge < -0.3 is 5.32 Å². The molecule has 0 aromatic carbocycles. The average molecular weight is 250 g/mol. The van der Waals surface area contributed by atoms with E-state index in [9.17, 15) is 0 Å². The average Bonchev–Trinajstić information content (AvgIpc) is 2.93. The van der Waals surface area contributed by atoms with Crippen LogP contribution in [0.3, 0.4) is 0 Å². The van der Waals surface area contributed by atoms with Gasteiger partial charge in [0, 0.05) is 17.8 Å². The number of nitrogens with zero attached hydrogens (tertiary/aromatic N) is 1. The van der Waals surface area contributed by atoms with E-state index < -0.39 is 0 Å². The Balaban J connectivity index is 1.75. The van der Waals surface area contributed by atoms with Crippen LogP contribution in [0.4, 0.5) is 0 Å². The SMILES string of the molecule is CNCCc1nc2c(s1)CC1(CCCC1)CC2. The lowest BCUT2D eigenvalue weighted by molar-refractivity contribution is 0.256. The van der Waals surface area contributed by atoms with Crippen LogP contribution in [0.25, 0.3) is 0 Å². The van der Waals surface area contributed by atoms with Crippen molar-refractivity contribution in [3.63, 3.8) is 0 Å². The molecule has 94 valence electrons. The van der Waals surface area contributed by atoms with E-state index in [-0.39, 0.29) is 0 Å². The quantitative estimate of drug-likeness (QED) is 0.892. The molecular weight excluding hydrogens is 228 g/mol. The van der Waals surface area contributed by atoms with Crippen molar-refractivity contribution in [3.05, 3.63) is 15.6 Å². The van der Waals surface area contributed by atoms with Crippen molar-refractivity contribution in [1.82, 2.24) is 10.3 Å². The van der Waals surface area contributed by atoms with Crippen LogP contribution in [0.2, 0.25) is 0 Å². The fourth-order valence-electron chi connectivity index (χ4n) is 3.47. The molecule has 0 saturated heterocycles. The molecule has 1 N–H and O–H groups in total. The second-order valence-electron chi connectivity index (χ2n) is 5.71. The van der Waals surface area contributed by atoms with Crippen LogP contribution in [0, 0.1) is 5.41 Å². The second kappa shape index (κ2) is 4.69. The number of aromatic nitrogens is 1. The third-order valence-electron chi connectivity index (χ3n) is 4.50. The number of thiazole rings is 1. The first-order chi connectivity index (χ1) is 8.31. The maximum Gasteiger partial charge on any atom is 0.0943 e. The smallest absolute Gasteiger partial charge is 0.0943 e. The van der Waals surface area contributed by atoms with Gasteiger partial charge in [0.25, 0.3) is 0 Å². The van der Waals surface area contributed by atoms with Crippen molar-refractivity contribution >= 4 is 11.3 Å². The van der Waals surface area contributed by atoms with Gasteiger partial charge in [0.05, 0.1) is 10.7 Å². The molecule has 0 unspecified atom stereocenters. The first-order valence-electron chi connectivity index (χ1n) is 6.93. The number of likely N-dealkylation sites (N-methyl/N-ethyl adjacent to an activating group) is 1. The van der Waals surface area contributed by atoms with Crippen LogP contribution in [0.15, 0.2) is 0 Å². The molecule has 0 bridgehead atoms. The summed E-state index contributed by atoms with van der Waals surface area (Å²) in [6.45, 7) is 1.05. The largest absolute Gasteiger partial charge is 0.319 e. The minimum absolute atomic E-state index is 0.680. The summed E-state index contributed by atoms with van der Waals surface area (Å²) in [7, 11) is 2.01. The Morgan fingerprint density at radius 1 is 1.29 bits per heavy atom. The number of aryl methyl sites for hydroxylation is 1. The van der Waals surface area contributed by atoms with Crippen LogP contribution in [0.5, 0.6) is 0 Å². The van der Waals surface area contributed by atoms with Crippen molar-refractivity contribution in [2.45, 2.75) is 51.4 Å². The Kier molecular flexibility index (Phi) is 3.22. The lowest BCUT2D eigenvalue weighted by atomic mass is 9.74. The molecular formula is C14H22N2S. The Hall–Kier alpha value is -0.410. The molecule has 1 saturated carbocycles. The van der Waals surface area contributed by atoms with Gasteiger partial charge in [0.2, 0.25) is 0 Å². The van der Waals surface area contributed by atoms with Gasteiger partial charge in [-0.1, -0.05) is 12.8 Å². The Labute approximate surface area is 108 Å². The van der Waals surface area contributed by atoms with Crippen molar-refractivity contribution in [2.75, 3.05) is 13.6 Å². The molecule has 2 aliphatic rings. The number of rotatable bonds is 3. The summed E-state index contributed by atoms with van der Waals surface area (Å²) in [6.07, 6.45) is 10.9. The van der Waals surface area contributed by atoms with Gasteiger partial charge >= 0.3 is 0 Å². The molecule has 2 aliphatic carbocycles. The minimum Gasteiger partial charge on any atom is -0.319 e. The summed E-state index contributed by atoms with van der Waals surface area (Å²) >= 11 is 1.98. The normalized spacial score (nSPS) is 21.9. The van der Waals surface area contributed by atoms with Crippen LogP contribution < -0.4 is 5.32 Å². The van der Waals surface area contributed by atoms with Gasteiger partial charge in [-0.05, 0) is 44.6 Å². The van der Waals surface area contributed by atoms with E-state index in [1.165, 1.54) is 55.6 Å². The monoisotopic (exact) mass is 250 g/mol. The highest BCUT2D eigenvalue weighted by Crippen LogP contribution is 2.48.